The fourth-order valence-corrected chi connectivity index (χ4v) is 2.93. The number of hydrogen-bond acceptors (Lipinski definition) is 4. The van der Waals surface area contributed by atoms with Gasteiger partial charge in [-0.25, -0.2) is 0 Å². The number of ether oxygens (including phenoxy) is 1. The number of nitrogens with zero attached hydrogens (tertiary/aromatic N) is 1. The lowest BCUT2D eigenvalue weighted by molar-refractivity contribution is -0.112. The smallest absolute Gasteiger partial charge is 0.266 e. The van der Waals surface area contributed by atoms with Gasteiger partial charge in [-0.2, -0.15) is 5.26 Å². The van der Waals surface area contributed by atoms with E-state index in [1.54, 1.807) is 61.7 Å². The van der Waals surface area contributed by atoms with Crippen LogP contribution in [0.5, 0.6) is 5.75 Å². The van der Waals surface area contributed by atoms with Crippen LogP contribution in [0.15, 0.2) is 64.6 Å². The van der Waals surface area contributed by atoms with E-state index in [0.717, 1.165) is 0 Å². The maximum absolute atomic E-state index is 12.4. The fraction of sp³-hybridized carbons (Fsp3) is 0.0476. The number of furan rings is 1. The second kappa shape index (κ2) is 8.66. The number of anilines is 1. The minimum absolute atomic E-state index is 0.0982. The molecule has 1 N–H and O–H groups in total. The van der Waals surface area contributed by atoms with Crippen LogP contribution in [0.1, 0.15) is 5.76 Å². The lowest BCUT2D eigenvalue weighted by atomic mass is 10.2. The topological polar surface area (TPSA) is 75.3 Å². The highest BCUT2D eigenvalue weighted by Crippen LogP contribution is 2.32. The molecular weight excluding hydrogens is 399 g/mol. The van der Waals surface area contributed by atoms with Gasteiger partial charge >= 0.3 is 0 Å². The summed E-state index contributed by atoms with van der Waals surface area (Å²) in [7, 11) is 1.55. The van der Waals surface area contributed by atoms with Gasteiger partial charge in [-0.15, -0.1) is 0 Å². The van der Waals surface area contributed by atoms with E-state index in [-0.39, 0.29) is 5.57 Å². The Morgan fingerprint density at radius 3 is 2.54 bits per heavy atom. The number of methoxy groups -OCH3 is 1. The molecule has 3 rings (SSSR count). The summed E-state index contributed by atoms with van der Waals surface area (Å²) < 4.78 is 10.8. The van der Waals surface area contributed by atoms with Crippen molar-refractivity contribution in [3.05, 3.63) is 76.0 Å². The van der Waals surface area contributed by atoms with Crippen LogP contribution in [-0.2, 0) is 4.79 Å². The zero-order valence-electron chi connectivity index (χ0n) is 14.7. The summed E-state index contributed by atoms with van der Waals surface area (Å²) in [4.78, 5) is 12.4. The lowest BCUT2D eigenvalue weighted by Crippen LogP contribution is -2.13. The molecule has 28 heavy (non-hydrogen) atoms. The fourth-order valence-electron chi connectivity index (χ4n) is 2.43. The third kappa shape index (κ3) is 4.55. The monoisotopic (exact) mass is 412 g/mol. The number of benzene rings is 2. The molecule has 1 aromatic heterocycles. The van der Waals surface area contributed by atoms with E-state index < -0.39 is 5.91 Å². The Balaban J connectivity index is 1.79. The molecular formula is C21H14Cl2N2O3. The van der Waals surface area contributed by atoms with Gasteiger partial charge in [0.05, 0.1) is 12.1 Å². The Hall–Kier alpha value is -3.20. The second-order valence-electron chi connectivity index (χ2n) is 5.68. The zero-order chi connectivity index (χ0) is 20.1. The second-order valence-corrected chi connectivity index (χ2v) is 6.52. The van der Waals surface area contributed by atoms with E-state index in [0.29, 0.717) is 38.6 Å². The van der Waals surface area contributed by atoms with Crippen molar-refractivity contribution in [3.8, 4) is 23.1 Å². The van der Waals surface area contributed by atoms with Gasteiger partial charge in [0.25, 0.3) is 5.91 Å². The van der Waals surface area contributed by atoms with Crippen molar-refractivity contribution in [1.29, 1.82) is 5.26 Å². The Morgan fingerprint density at radius 2 is 1.89 bits per heavy atom. The molecule has 0 aliphatic heterocycles. The summed E-state index contributed by atoms with van der Waals surface area (Å²) in [5.41, 5.74) is 1.10. The quantitative estimate of drug-likeness (QED) is 0.423. The standard InChI is InChI=1S/C21H14Cl2N2O3/c1-27-16-5-3-15(4-6-16)25-21(26)13(12-24)10-17-7-9-20(28-17)18-8-2-14(22)11-19(18)23/h2-11H,1H3,(H,25,26)/b13-10-. The van der Waals surface area contributed by atoms with Gasteiger partial charge in [0, 0.05) is 22.3 Å². The van der Waals surface area contributed by atoms with Crippen molar-refractivity contribution in [1.82, 2.24) is 0 Å². The van der Waals surface area contributed by atoms with E-state index in [1.807, 2.05) is 6.07 Å². The molecule has 7 heteroatoms. The van der Waals surface area contributed by atoms with Crippen molar-refractivity contribution in [2.24, 2.45) is 0 Å². The highest BCUT2D eigenvalue weighted by molar-refractivity contribution is 6.36. The number of hydrogen-bond donors (Lipinski definition) is 1. The normalized spacial score (nSPS) is 11.0. The Kier molecular flexibility index (Phi) is 6.05. The first-order chi connectivity index (χ1) is 13.5. The molecule has 2 aromatic carbocycles. The van der Waals surface area contributed by atoms with E-state index in [4.69, 9.17) is 32.4 Å². The van der Waals surface area contributed by atoms with Gasteiger partial charge in [-0.1, -0.05) is 23.2 Å². The third-order valence-electron chi connectivity index (χ3n) is 3.82. The molecule has 0 fully saturated rings. The number of carbonyl (C=O) groups is 1. The molecule has 0 aliphatic carbocycles. The molecule has 0 unspecified atom stereocenters. The first-order valence-corrected chi connectivity index (χ1v) is 8.88. The molecule has 1 amide bonds. The molecule has 0 aliphatic rings. The minimum Gasteiger partial charge on any atom is -0.497 e. The van der Waals surface area contributed by atoms with Gasteiger partial charge < -0.3 is 14.5 Å². The Bertz CT molecular complexity index is 1080. The summed E-state index contributed by atoms with van der Waals surface area (Å²) in [6.45, 7) is 0. The molecule has 3 aromatic rings. The van der Waals surface area contributed by atoms with Crippen molar-refractivity contribution >= 4 is 40.9 Å². The molecule has 0 atom stereocenters. The molecule has 140 valence electrons. The molecule has 5 nitrogen and oxygen atoms in total. The number of carbonyl (C=O) groups excluding carboxylic acids is 1. The number of nitrogens with one attached hydrogen (secondary N) is 1. The van der Waals surface area contributed by atoms with Gasteiger partial charge in [-0.05, 0) is 54.6 Å². The number of rotatable bonds is 5. The highest BCUT2D eigenvalue weighted by Gasteiger charge is 2.13. The van der Waals surface area contributed by atoms with Gasteiger partial charge in [-0.3, -0.25) is 4.79 Å². The predicted molar refractivity (Wildman–Crippen MR) is 109 cm³/mol. The summed E-state index contributed by atoms with van der Waals surface area (Å²) in [5, 5.41) is 13.0. The number of amides is 1. The molecule has 0 spiro atoms. The molecule has 0 bridgehead atoms. The van der Waals surface area contributed by atoms with Gasteiger partial charge in [0.2, 0.25) is 0 Å². The summed E-state index contributed by atoms with van der Waals surface area (Å²) in [5.74, 6) is 0.969. The Labute approximate surface area is 171 Å². The summed E-state index contributed by atoms with van der Waals surface area (Å²) in [6, 6.07) is 17.1. The molecule has 0 saturated carbocycles. The average molecular weight is 413 g/mol. The first kappa shape index (κ1) is 19.6. The lowest BCUT2D eigenvalue weighted by Gasteiger charge is -2.05. The van der Waals surface area contributed by atoms with Crippen molar-refractivity contribution in [2.45, 2.75) is 0 Å². The summed E-state index contributed by atoms with van der Waals surface area (Å²) in [6.07, 6.45) is 1.37. The van der Waals surface area contributed by atoms with E-state index in [1.165, 1.54) is 6.08 Å². The van der Waals surface area contributed by atoms with E-state index in [2.05, 4.69) is 5.32 Å². The average Bonchev–Trinajstić information content (AvgIpc) is 3.15. The predicted octanol–water partition coefficient (Wildman–Crippen LogP) is 5.81. The molecule has 0 radical (unpaired) electrons. The van der Waals surface area contributed by atoms with Crippen LogP contribution in [0.25, 0.3) is 17.4 Å². The van der Waals surface area contributed by atoms with Crippen LogP contribution < -0.4 is 10.1 Å². The molecule has 0 saturated heterocycles. The van der Waals surface area contributed by atoms with Crippen LogP contribution in [0.2, 0.25) is 10.0 Å². The van der Waals surface area contributed by atoms with Crippen molar-refractivity contribution < 1.29 is 13.9 Å². The maximum atomic E-state index is 12.4. The highest BCUT2D eigenvalue weighted by atomic mass is 35.5. The van der Waals surface area contributed by atoms with E-state index in [9.17, 15) is 10.1 Å². The zero-order valence-corrected chi connectivity index (χ0v) is 16.2. The first-order valence-electron chi connectivity index (χ1n) is 8.12. The summed E-state index contributed by atoms with van der Waals surface area (Å²) >= 11 is 12.1. The van der Waals surface area contributed by atoms with Crippen LogP contribution in [-0.4, -0.2) is 13.0 Å². The van der Waals surface area contributed by atoms with Gasteiger partial charge in [0.15, 0.2) is 0 Å². The van der Waals surface area contributed by atoms with Crippen molar-refractivity contribution in [2.75, 3.05) is 12.4 Å². The molecule has 1 heterocycles. The van der Waals surface area contributed by atoms with Gasteiger partial charge in [0.1, 0.15) is 28.9 Å². The minimum atomic E-state index is -0.546. The number of halogens is 2. The third-order valence-corrected chi connectivity index (χ3v) is 4.37. The van der Waals surface area contributed by atoms with E-state index >= 15 is 0 Å². The SMILES string of the molecule is COc1ccc(NC(=O)/C(C#N)=C\c2ccc(-c3ccc(Cl)cc3Cl)o2)cc1. The van der Waals surface area contributed by atoms with Crippen LogP contribution in [0, 0.1) is 11.3 Å². The number of nitriles is 1. The van der Waals surface area contributed by atoms with Crippen LogP contribution in [0.4, 0.5) is 5.69 Å². The maximum Gasteiger partial charge on any atom is 0.266 e. The largest absolute Gasteiger partial charge is 0.497 e. The van der Waals surface area contributed by atoms with Crippen LogP contribution >= 0.6 is 23.2 Å². The Morgan fingerprint density at radius 1 is 1.14 bits per heavy atom. The van der Waals surface area contributed by atoms with Crippen molar-refractivity contribution in [3.63, 3.8) is 0 Å². The van der Waals surface area contributed by atoms with Crippen LogP contribution in [0.3, 0.4) is 0 Å².